The van der Waals surface area contributed by atoms with Gasteiger partial charge in [-0.1, -0.05) is 60.7 Å². The van der Waals surface area contributed by atoms with Gasteiger partial charge in [-0.2, -0.15) is 26.3 Å². The molecule has 2 unspecified atom stereocenters. The molecule has 1 amide bonds. The molecule has 194 valence electrons. The number of rotatable bonds is 4. The number of carbonyl (C=O) groups excluding carboxylic acids is 2. The Bertz CT molecular complexity index is 1330. The van der Waals surface area contributed by atoms with Crippen LogP contribution in [0.1, 0.15) is 16.7 Å². The summed E-state index contributed by atoms with van der Waals surface area (Å²) in [5.41, 5.74) is 4.52. The van der Waals surface area contributed by atoms with Crippen molar-refractivity contribution in [2.45, 2.75) is 23.9 Å². The molecule has 1 aliphatic heterocycles. The summed E-state index contributed by atoms with van der Waals surface area (Å²) < 4.78 is 82.3. The Labute approximate surface area is 206 Å². The number of hydrogen-bond acceptors (Lipinski definition) is 5. The van der Waals surface area contributed by atoms with E-state index < -0.39 is 41.3 Å². The Morgan fingerprint density at radius 3 is 2.03 bits per heavy atom. The fourth-order valence-corrected chi connectivity index (χ4v) is 4.13. The monoisotopic (exact) mass is 523 g/mol. The first-order valence-corrected chi connectivity index (χ1v) is 10.7. The molecule has 0 aliphatic carbocycles. The fraction of sp³-hybridized carbons (Fsp3) is 0.200. The van der Waals surface area contributed by atoms with Crippen molar-refractivity contribution in [3.63, 3.8) is 0 Å². The molecule has 1 fully saturated rings. The Balaban J connectivity index is 1.83. The number of esters is 1. The summed E-state index contributed by atoms with van der Waals surface area (Å²) in [6, 6.07) is 18.3. The van der Waals surface area contributed by atoms with Crippen LogP contribution in [-0.2, 0) is 26.0 Å². The van der Waals surface area contributed by atoms with E-state index in [4.69, 9.17) is 5.73 Å². The van der Waals surface area contributed by atoms with E-state index in [-0.39, 0.29) is 11.1 Å². The topological polar surface area (TPSA) is 84.7 Å². The second-order valence-electron chi connectivity index (χ2n) is 8.34. The first kappa shape index (κ1) is 26.2. The average Bonchev–Trinajstić information content (AvgIpc) is 3.05. The highest BCUT2D eigenvalue weighted by atomic mass is 19.4. The molecule has 6 nitrogen and oxygen atoms in total. The first-order valence-electron chi connectivity index (χ1n) is 10.7. The lowest BCUT2D eigenvalue weighted by atomic mass is 9.81. The van der Waals surface area contributed by atoms with E-state index in [2.05, 4.69) is 10.1 Å². The molecular weight excluding hydrogens is 504 g/mol. The van der Waals surface area contributed by atoms with Gasteiger partial charge in [0.25, 0.3) is 5.91 Å². The van der Waals surface area contributed by atoms with Crippen LogP contribution >= 0.6 is 0 Å². The minimum absolute atomic E-state index is 0.198. The molecule has 3 N–H and O–H groups in total. The standard InChI is InChI=1S/C25H19F6N3O3/c1-34-20(35)22(17-7-3-2-4-8-17,33-25(34,32)37-21(36)24(29,30)31)19-9-5-6-16(14-19)15-10-12-18(13-11-15)23(26,27)28/h2-14,33H,32H2,1H3. The zero-order chi connectivity index (χ0) is 27.2. The number of nitrogens with zero attached hydrogens (tertiary/aromatic N) is 1. The molecule has 0 spiro atoms. The van der Waals surface area contributed by atoms with Gasteiger partial charge in [-0.25, -0.2) is 10.1 Å². The van der Waals surface area contributed by atoms with E-state index in [1.54, 1.807) is 24.3 Å². The Morgan fingerprint density at radius 2 is 1.46 bits per heavy atom. The smallest absolute Gasteiger partial charge is 0.404 e. The lowest BCUT2D eigenvalue weighted by Gasteiger charge is -2.32. The summed E-state index contributed by atoms with van der Waals surface area (Å²) in [5, 5.41) is 2.59. The molecule has 3 aromatic carbocycles. The third-order valence-corrected chi connectivity index (χ3v) is 6.02. The van der Waals surface area contributed by atoms with E-state index in [1.807, 2.05) is 0 Å². The Morgan fingerprint density at radius 1 is 0.865 bits per heavy atom. The number of nitrogens with one attached hydrogen (secondary N) is 1. The maximum absolute atomic E-state index is 13.7. The van der Waals surface area contributed by atoms with Crippen LogP contribution in [-0.4, -0.2) is 36.0 Å². The van der Waals surface area contributed by atoms with Crippen molar-refractivity contribution >= 4 is 11.9 Å². The zero-order valence-electron chi connectivity index (χ0n) is 19.0. The van der Waals surface area contributed by atoms with Gasteiger partial charge in [-0.05, 0) is 40.5 Å². The molecule has 0 saturated carbocycles. The van der Waals surface area contributed by atoms with Crippen molar-refractivity contribution in [3.8, 4) is 11.1 Å². The van der Waals surface area contributed by atoms with E-state index in [1.165, 1.54) is 42.5 Å². The summed E-state index contributed by atoms with van der Waals surface area (Å²) >= 11 is 0. The summed E-state index contributed by atoms with van der Waals surface area (Å²) in [6.45, 7) is 0. The number of amides is 1. The molecule has 1 aliphatic rings. The first-order chi connectivity index (χ1) is 17.2. The number of alkyl halides is 6. The molecule has 0 bridgehead atoms. The van der Waals surface area contributed by atoms with Crippen molar-refractivity contribution in [2.24, 2.45) is 5.73 Å². The fourth-order valence-electron chi connectivity index (χ4n) is 4.13. The third-order valence-electron chi connectivity index (χ3n) is 6.02. The van der Waals surface area contributed by atoms with E-state index in [0.29, 0.717) is 16.0 Å². The minimum Gasteiger partial charge on any atom is -0.404 e. The average molecular weight is 523 g/mol. The maximum atomic E-state index is 13.7. The summed E-state index contributed by atoms with van der Waals surface area (Å²) in [4.78, 5) is 25.9. The second kappa shape index (κ2) is 8.89. The highest BCUT2D eigenvalue weighted by Gasteiger charge is 2.62. The van der Waals surface area contributed by atoms with Gasteiger partial charge in [-0.15, -0.1) is 0 Å². The van der Waals surface area contributed by atoms with E-state index in [0.717, 1.165) is 19.2 Å². The molecule has 37 heavy (non-hydrogen) atoms. The molecule has 1 heterocycles. The molecule has 2 atom stereocenters. The molecule has 3 aromatic rings. The minimum atomic E-state index is -5.38. The molecule has 1 saturated heterocycles. The van der Waals surface area contributed by atoms with Crippen LogP contribution in [0.5, 0.6) is 0 Å². The van der Waals surface area contributed by atoms with Gasteiger partial charge in [0.1, 0.15) is 0 Å². The van der Waals surface area contributed by atoms with Crippen molar-refractivity contribution in [1.29, 1.82) is 0 Å². The number of hydrogen-bond donors (Lipinski definition) is 2. The van der Waals surface area contributed by atoms with E-state index >= 15 is 0 Å². The Hall–Kier alpha value is -3.90. The normalized spacial score (nSPS) is 22.3. The lowest BCUT2D eigenvalue weighted by molar-refractivity contribution is -0.228. The highest BCUT2D eigenvalue weighted by molar-refractivity contribution is 5.95. The number of halogens is 6. The number of ether oxygens (including phenoxy) is 1. The Kier molecular flexibility index (Phi) is 6.29. The SMILES string of the molecule is CN1C(=O)C(c2ccccc2)(c2cccc(-c3ccc(C(F)(F)F)cc3)c2)NC1(N)OC(=O)C(F)(F)F. The van der Waals surface area contributed by atoms with Gasteiger partial charge in [-0.3, -0.25) is 15.4 Å². The third kappa shape index (κ3) is 4.65. The second-order valence-corrected chi connectivity index (χ2v) is 8.34. The molecule has 0 aromatic heterocycles. The van der Waals surface area contributed by atoms with Crippen LogP contribution < -0.4 is 11.1 Å². The summed E-state index contributed by atoms with van der Waals surface area (Å²) in [6.07, 6.45) is -9.90. The van der Waals surface area contributed by atoms with Gasteiger partial charge in [0, 0.05) is 7.05 Å². The number of nitrogens with two attached hydrogens (primary N) is 1. The zero-order valence-corrected chi connectivity index (χ0v) is 19.0. The van der Waals surface area contributed by atoms with Crippen LogP contribution in [0.25, 0.3) is 11.1 Å². The van der Waals surface area contributed by atoms with Crippen LogP contribution in [0.4, 0.5) is 26.3 Å². The van der Waals surface area contributed by atoms with Gasteiger partial charge < -0.3 is 4.74 Å². The van der Waals surface area contributed by atoms with Crippen molar-refractivity contribution in [2.75, 3.05) is 7.05 Å². The number of benzene rings is 3. The van der Waals surface area contributed by atoms with Crippen molar-refractivity contribution in [1.82, 2.24) is 10.2 Å². The number of likely N-dealkylation sites (N-methyl/N-ethyl adjacent to an activating group) is 1. The van der Waals surface area contributed by atoms with Crippen LogP contribution in [0.2, 0.25) is 0 Å². The maximum Gasteiger partial charge on any atom is 0.491 e. The number of carbonyl (C=O) groups is 2. The van der Waals surface area contributed by atoms with Crippen molar-refractivity contribution in [3.05, 3.63) is 95.6 Å². The molecule has 0 radical (unpaired) electrons. The predicted molar refractivity (Wildman–Crippen MR) is 119 cm³/mol. The van der Waals surface area contributed by atoms with Gasteiger partial charge in [0.2, 0.25) is 0 Å². The predicted octanol–water partition coefficient (Wildman–Crippen LogP) is 4.35. The van der Waals surface area contributed by atoms with Crippen LogP contribution in [0, 0.1) is 0 Å². The largest absolute Gasteiger partial charge is 0.491 e. The highest BCUT2D eigenvalue weighted by Crippen LogP contribution is 2.41. The van der Waals surface area contributed by atoms with E-state index in [9.17, 15) is 35.9 Å². The molecule has 12 heteroatoms. The summed E-state index contributed by atoms with van der Waals surface area (Å²) in [7, 11) is 1.07. The quantitative estimate of drug-likeness (QED) is 0.302. The van der Waals surface area contributed by atoms with Crippen LogP contribution in [0.3, 0.4) is 0 Å². The van der Waals surface area contributed by atoms with Gasteiger partial charge in [0.15, 0.2) is 5.54 Å². The summed E-state index contributed by atoms with van der Waals surface area (Å²) in [5.74, 6) is -6.12. The lowest BCUT2D eigenvalue weighted by Crippen LogP contribution is -2.64. The molecular formula is C25H19F6N3O3. The van der Waals surface area contributed by atoms with Crippen LogP contribution in [0.15, 0.2) is 78.9 Å². The van der Waals surface area contributed by atoms with Gasteiger partial charge in [0.05, 0.1) is 5.56 Å². The molecule has 4 rings (SSSR count). The van der Waals surface area contributed by atoms with Gasteiger partial charge >= 0.3 is 24.3 Å². The van der Waals surface area contributed by atoms with Crippen molar-refractivity contribution < 1.29 is 40.7 Å².